The van der Waals surface area contributed by atoms with Crippen molar-refractivity contribution in [1.29, 1.82) is 0 Å². The molecule has 1 aliphatic rings. The summed E-state index contributed by atoms with van der Waals surface area (Å²) in [5.74, 6) is 1.29. The third kappa shape index (κ3) is 2.60. The molecule has 1 saturated heterocycles. The minimum absolute atomic E-state index is 0.371. The number of nitrogens with zero attached hydrogens (tertiary/aromatic N) is 1. The normalized spacial score (nSPS) is 23.7. The van der Waals surface area contributed by atoms with Crippen LogP contribution in [0.5, 0.6) is 0 Å². The van der Waals surface area contributed by atoms with Gasteiger partial charge in [-0.2, -0.15) is 11.8 Å². The van der Waals surface area contributed by atoms with Crippen molar-refractivity contribution in [3.8, 4) is 0 Å². The molecular weight excluding hydrogens is 284 g/mol. The first-order valence-electron chi connectivity index (χ1n) is 6.09. The van der Waals surface area contributed by atoms with Gasteiger partial charge in [0.15, 0.2) is 5.13 Å². The van der Waals surface area contributed by atoms with Gasteiger partial charge in [0, 0.05) is 16.3 Å². The van der Waals surface area contributed by atoms with E-state index < -0.39 is 0 Å². The van der Waals surface area contributed by atoms with E-state index in [0.717, 1.165) is 26.9 Å². The maximum absolute atomic E-state index is 5.99. The van der Waals surface area contributed by atoms with Gasteiger partial charge in [-0.3, -0.25) is 0 Å². The summed E-state index contributed by atoms with van der Waals surface area (Å²) >= 11 is 9.73. The van der Waals surface area contributed by atoms with Crippen LogP contribution in [-0.4, -0.2) is 22.0 Å². The van der Waals surface area contributed by atoms with Crippen molar-refractivity contribution < 1.29 is 0 Å². The van der Waals surface area contributed by atoms with Gasteiger partial charge in [-0.05, 0) is 43.7 Å². The molecule has 5 heteroatoms. The van der Waals surface area contributed by atoms with Gasteiger partial charge < -0.3 is 5.32 Å². The zero-order valence-electron chi connectivity index (χ0n) is 10.2. The molecule has 0 saturated carbocycles. The Kier molecular flexibility index (Phi) is 3.43. The van der Waals surface area contributed by atoms with Crippen molar-refractivity contribution in [2.24, 2.45) is 0 Å². The Labute approximate surface area is 120 Å². The fourth-order valence-corrected chi connectivity index (χ4v) is 4.59. The van der Waals surface area contributed by atoms with E-state index in [9.17, 15) is 0 Å². The number of hydrogen-bond acceptors (Lipinski definition) is 4. The number of aromatic nitrogens is 1. The van der Waals surface area contributed by atoms with Crippen molar-refractivity contribution in [3.63, 3.8) is 0 Å². The molecule has 1 N–H and O–H groups in total. The molecule has 1 unspecified atom stereocenters. The molecule has 3 rings (SSSR count). The smallest absolute Gasteiger partial charge is 0.183 e. The number of nitrogens with one attached hydrogen (secondary N) is 1. The van der Waals surface area contributed by atoms with Gasteiger partial charge in [0.25, 0.3) is 0 Å². The summed E-state index contributed by atoms with van der Waals surface area (Å²) in [6, 6.07) is 5.85. The van der Waals surface area contributed by atoms with Crippen LogP contribution < -0.4 is 5.32 Å². The topological polar surface area (TPSA) is 24.9 Å². The number of thioether (sulfide) groups is 1. The van der Waals surface area contributed by atoms with Crippen LogP contribution in [0.3, 0.4) is 0 Å². The molecule has 2 aromatic rings. The summed E-state index contributed by atoms with van der Waals surface area (Å²) in [6.45, 7) is 3.33. The van der Waals surface area contributed by atoms with E-state index in [2.05, 4.69) is 29.0 Å². The van der Waals surface area contributed by atoms with Crippen molar-refractivity contribution >= 4 is 50.0 Å². The molecule has 0 bridgehead atoms. The Morgan fingerprint density at radius 3 is 3.17 bits per heavy atom. The van der Waals surface area contributed by atoms with Gasteiger partial charge in [0.2, 0.25) is 0 Å². The molecule has 2 heterocycles. The van der Waals surface area contributed by atoms with E-state index in [1.165, 1.54) is 18.6 Å². The molecule has 1 aliphatic heterocycles. The van der Waals surface area contributed by atoms with Gasteiger partial charge in [0.1, 0.15) is 0 Å². The Hall–Kier alpha value is -0.450. The molecule has 1 fully saturated rings. The highest BCUT2D eigenvalue weighted by Crippen LogP contribution is 2.38. The highest BCUT2D eigenvalue weighted by molar-refractivity contribution is 8.00. The average Bonchev–Trinajstić information content (AvgIpc) is 2.93. The predicted molar refractivity (Wildman–Crippen MR) is 83.2 cm³/mol. The van der Waals surface area contributed by atoms with Gasteiger partial charge >= 0.3 is 0 Å². The van der Waals surface area contributed by atoms with Crippen LogP contribution in [0.25, 0.3) is 10.2 Å². The summed E-state index contributed by atoms with van der Waals surface area (Å²) in [4.78, 5) is 4.59. The lowest BCUT2D eigenvalue weighted by Crippen LogP contribution is -2.26. The number of thiazole rings is 1. The van der Waals surface area contributed by atoms with Crippen LogP contribution in [0.4, 0.5) is 5.13 Å². The summed E-state index contributed by atoms with van der Waals surface area (Å²) in [7, 11) is 0. The van der Waals surface area contributed by atoms with Crippen molar-refractivity contribution in [2.75, 3.05) is 17.6 Å². The Bertz CT molecular complexity index is 561. The number of rotatable bonds is 3. The van der Waals surface area contributed by atoms with Crippen LogP contribution in [-0.2, 0) is 0 Å². The molecular formula is C13H15ClN2S2. The molecule has 0 aliphatic carbocycles. The molecule has 18 heavy (non-hydrogen) atoms. The lowest BCUT2D eigenvalue weighted by Gasteiger charge is -2.22. The predicted octanol–water partition coefficient (Wildman–Crippen LogP) is 4.65. The van der Waals surface area contributed by atoms with Crippen molar-refractivity contribution in [2.45, 2.75) is 24.5 Å². The highest BCUT2D eigenvalue weighted by atomic mass is 35.5. The van der Waals surface area contributed by atoms with E-state index in [1.807, 2.05) is 18.2 Å². The number of anilines is 1. The number of hydrogen-bond donors (Lipinski definition) is 1. The minimum atomic E-state index is 0.371. The lowest BCUT2D eigenvalue weighted by molar-refractivity contribution is 0.634. The van der Waals surface area contributed by atoms with Crippen LogP contribution in [0.2, 0.25) is 5.02 Å². The van der Waals surface area contributed by atoms with E-state index >= 15 is 0 Å². The second kappa shape index (κ2) is 4.91. The molecule has 2 nitrogen and oxygen atoms in total. The average molecular weight is 299 g/mol. The standard InChI is InChI=1S/C13H15ClN2S2/c1-13(5-2-6-17-13)8-15-12-16-10-4-3-9(14)7-11(10)18-12/h3-4,7H,2,5-6,8H2,1H3,(H,15,16). The van der Waals surface area contributed by atoms with E-state index in [0.29, 0.717) is 4.75 Å². The maximum Gasteiger partial charge on any atom is 0.183 e. The number of fused-ring (bicyclic) bond motifs is 1. The molecule has 0 amide bonds. The zero-order valence-corrected chi connectivity index (χ0v) is 12.6. The lowest BCUT2D eigenvalue weighted by atomic mass is 10.1. The van der Waals surface area contributed by atoms with Gasteiger partial charge in [-0.15, -0.1) is 0 Å². The van der Waals surface area contributed by atoms with Gasteiger partial charge in [-0.25, -0.2) is 4.98 Å². The molecule has 1 aromatic heterocycles. The third-order valence-electron chi connectivity index (χ3n) is 3.26. The maximum atomic E-state index is 5.99. The first-order chi connectivity index (χ1) is 8.65. The summed E-state index contributed by atoms with van der Waals surface area (Å²) in [5, 5.41) is 5.25. The van der Waals surface area contributed by atoms with Crippen LogP contribution in [0.1, 0.15) is 19.8 Å². The number of benzene rings is 1. The van der Waals surface area contributed by atoms with Crippen molar-refractivity contribution in [1.82, 2.24) is 4.98 Å². The largest absolute Gasteiger partial charge is 0.360 e. The molecule has 1 atom stereocenters. The zero-order chi connectivity index (χ0) is 12.6. The summed E-state index contributed by atoms with van der Waals surface area (Å²) in [6.07, 6.45) is 2.62. The Morgan fingerprint density at radius 1 is 1.50 bits per heavy atom. The van der Waals surface area contributed by atoms with Crippen LogP contribution in [0.15, 0.2) is 18.2 Å². The molecule has 1 aromatic carbocycles. The first kappa shape index (κ1) is 12.6. The van der Waals surface area contributed by atoms with E-state index in [4.69, 9.17) is 11.6 Å². The third-order valence-corrected chi connectivity index (χ3v) is 6.01. The van der Waals surface area contributed by atoms with Crippen molar-refractivity contribution in [3.05, 3.63) is 23.2 Å². The highest BCUT2D eigenvalue weighted by Gasteiger charge is 2.29. The van der Waals surface area contributed by atoms with E-state index in [1.54, 1.807) is 11.3 Å². The molecule has 0 spiro atoms. The minimum Gasteiger partial charge on any atom is -0.360 e. The quantitative estimate of drug-likeness (QED) is 0.893. The Morgan fingerprint density at radius 2 is 2.39 bits per heavy atom. The summed E-state index contributed by atoms with van der Waals surface area (Å²) < 4.78 is 1.52. The second-order valence-electron chi connectivity index (χ2n) is 4.89. The summed E-state index contributed by atoms with van der Waals surface area (Å²) in [5.41, 5.74) is 1.02. The number of halogens is 1. The monoisotopic (exact) mass is 298 g/mol. The van der Waals surface area contributed by atoms with E-state index in [-0.39, 0.29) is 0 Å². The first-order valence-corrected chi connectivity index (χ1v) is 8.27. The Balaban J connectivity index is 1.74. The second-order valence-corrected chi connectivity index (χ2v) is 8.04. The van der Waals surface area contributed by atoms with Crippen LogP contribution >= 0.6 is 34.7 Å². The SMILES string of the molecule is CC1(CNc2nc3ccc(Cl)cc3s2)CCCS1. The molecule has 96 valence electrons. The molecule has 0 radical (unpaired) electrons. The fourth-order valence-electron chi connectivity index (χ4n) is 2.21. The van der Waals surface area contributed by atoms with Gasteiger partial charge in [0.05, 0.1) is 10.2 Å². The van der Waals surface area contributed by atoms with Crippen LogP contribution in [0, 0.1) is 0 Å². The fraction of sp³-hybridized carbons (Fsp3) is 0.462. The van der Waals surface area contributed by atoms with Gasteiger partial charge in [-0.1, -0.05) is 22.9 Å².